The number of hydrogen-bond donors (Lipinski definition) is 1. The third kappa shape index (κ3) is 2.41. The van der Waals surface area contributed by atoms with Crippen LogP contribution < -0.4 is 10.5 Å². The third-order valence-electron chi connectivity index (χ3n) is 3.76. The molecule has 2 nitrogen and oxygen atoms in total. The van der Waals surface area contributed by atoms with E-state index in [0.717, 1.165) is 38.8 Å². The minimum atomic E-state index is -0.183. The molecule has 0 radical (unpaired) electrons. The third-order valence-corrected chi connectivity index (χ3v) is 5.07. The van der Waals surface area contributed by atoms with E-state index in [2.05, 4.69) is 57.0 Å². The fourth-order valence-electron chi connectivity index (χ4n) is 2.66. The lowest BCUT2D eigenvalue weighted by Gasteiger charge is -2.19. The van der Waals surface area contributed by atoms with Crippen LogP contribution in [0.4, 0.5) is 0 Å². The molecule has 2 N–H and O–H groups in total. The van der Waals surface area contributed by atoms with Gasteiger partial charge in [-0.15, -0.1) is 0 Å². The van der Waals surface area contributed by atoms with E-state index in [1.165, 1.54) is 11.1 Å². The van der Waals surface area contributed by atoms with Gasteiger partial charge in [0.15, 0.2) is 0 Å². The molecule has 0 amide bonds. The summed E-state index contributed by atoms with van der Waals surface area (Å²) >= 11 is 7.14. The van der Waals surface area contributed by atoms with E-state index in [-0.39, 0.29) is 6.04 Å². The van der Waals surface area contributed by atoms with Crippen LogP contribution in [0.1, 0.15) is 28.3 Å². The Kier molecular flexibility index (Phi) is 3.89. The molecule has 0 spiro atoms. The molecule has 0 fully saturated rings. The molecule has 104 valence electrons. The van der Waals surface area contributed by atoms with E-state index in [1.54, 1.807) is 0 Å². The van der Waals surface area contributed by atoms with E-state index >= 15 is 0 Å². The number of ether oxygens (including phenoxy) is 1. The van der Waals surface area contributed by atoms with Crippen molar-refractivity contribution in [3.8, 4) is 5.75 Å². The number of halogens is 2. The van der Waals surface area contributed by atoms with Gasteiger partial charge in [0.2, 0.25) is 0 Å². The lowest BCUT2D eigenvalue weighted by atomic mass is 9.94. The van der Waals surface area contributed by atoms with Gasteiger partial charge in [-0.25, -0.2) is 0 Å². The zero-order chi connectivity index (χ0) is 14.3. The molecular weight excluding hydrogens is 382 g/mol. The summed E-state index contributed by atoms with van der Waals surface area (Å²) in [6.07, 6.45) is 0.950. The van der Waals surface area contributed by atoms with Crippen LogP contribution in [-0.2, 0) is 6.42 Å². The molecule has 0 bridgehead atoms. The van der Waals surface area contributed by atoms with Crippen LogP contribution in [0.3, 0.4) is 0 Å². The van der Waals surface area contributed by atoms with Gasteiger partial charge in [-0.3, -0.25) is 0 Å². The van der Waals surface area contributed by atoms with Crippen molar-refractivity contribution < 1.29 is 4.74 Å². The van der Waals surface area contributed by atoms with Crippen molar-refractivity contribution in [2.75, 3.05) is 6.61 Å². The highest BCUT2D eigenvalue weighted by molar-refractivity contribution is 9.10. The highest BCUT2D eigenvalue weighted by atomic mass is 79.9. The summed E-state index contributed by atoms with van der Waals surface area (Å²) in [4.78, 5) is 0. The van der Waals surface area contributed by atoms with E-state index in [4.69, 9.17) is 10.5 Å². The molecular formula is C16H15Br2NO. The second-order valence-corrected chi connectivity index (χ2v) is 6.78. The van der Waals surface area contributed by atoms with E-state index in [1.807, 2.05) is 12.1 Å². The van der Waals surface area contributed by atoms with Crippen molar-refractivity contribution in [3.05, 3.63) is 61.5 Å². The average molecular weight is 397 g/mol. The molecule has 20 heavy (non-hydrogen) atoms. The minimum Gasteiger partial charge on any atom is -0.493 e. The molecule has 0 saturated carbocycles. The number of nitrogens with two attached hydrogens (primary N) is 1. The summed E-state index contributed by atoms with van der Waals surface area (Å²) in [6, 6.07) is 10.1. The summed E-state index contributed by atoms with van der Waals surface area (Å²) in [7, 11) is 0. The summed E-state index contributed by atoms with van der Waals surface area (Å²) in [6.45, 7) is 2.82. The first-order chi connectivity index (χ1) is 9.58. The van der Waals surface area contributed by atoms with E-state index in [9.17, 15) is 0 Å². The Morgan fingerprint density at radius 3 is 2.80 bits per heavy atom. The molecule has 0 aliphatic carbocycles. The fourth-order valence-corrected chi connectivity index (χ4v) is 3.56. The van der Waals surface area contributed by atoms with Crippen LogP contribution in [-0.4, -0.2) is 6.61 Å². The van der Waals surface area contributed by atoms with Gasteiger partial charge < -0.3 is 10.5 Å². The monoisotopic (exact) mass is 395 g/mol. The zero-order valence-electron chi connectivity index (χ0n) is 11.1. The maximum atomic E-state index is 6.51. The lowest BCUT2D eigenvalue weighted by Crippen LogP contribution is -2.14. The second-order valence-electron chi connectivity index (χ2n) is 5.01. The molecule has 4 heteroatoms. The minimum absolute atomic E-state index is 0.183. The molecule has 2 aromatic rings. The van der Waals surface area contributed by atoms with E-state index < -0.39 is 0 Å². The number of fused-ring (bicyclic) bond motifs is 1. The Morgan fingerprint density at radius 1 is 1.20 bits per heavy atom. The first kappa shape index (κ1) is 14.1. The van der Waals surface area contributed by atoms with Gasteiger partial charge in [-0.2, -0.15) is 0 Å². The van der Waals surface area contributed by atoms with Crippen molar-refractivity contribution in [3.63, 3.8) is 0 Å². The Bertz CT molecular complexity index is 670. The van der Waals surface area contributed by atoms with Gasteiger partial charge in [0.25, 0.3) is 0 Å². The topological polar surface area (TPSA) is 35.2 Å². The van der Waals surface area contributed by atoms with Crippen LogP contribution >= 0.6 is 31.9 Å². The number of rotatable bonds is 2. The Morgan fingerprint density at radius 2 is 2.00 bits per heavy atom. The molecule has 1 aliphatic rings. The van der Waals surface area contributed by atoms with Crippen molar-refractivity contribution >= 4 is 31.9 Å². The predicted octanol–water partition coefficient (Wildman–Crippen LogP) is 4.50. The van der Waals surface area contributed by atoms with Gasteiger partial charge in [0.05, 0.1) is 12.6 Å². The quantitative estimate of drug-likeness (QED) is 0.810. The SMILES string of the molecule is Cc1c(Br)cccc1C(N)c1cc(Br)cc2c1OCC2. The highest BCUT2D eigenvalue weighted by Crippen LogP contribution is 2.39. The highest BCUT2D eigenvalue weighted by Gasteiger charge is 2.23. The number of benzene rings is 2. The summed E-state index contributed by atoms with van der Waals surface area (Å²) in [5.41, 5.74) is 11.1. The smallest absolute Gasteiger partial charge is 0.127 e. The van der Waals surface area contributed by atoms with Gasteiger partial charge in [0, 0.05) is 20.9 Å². The number of hydrogen-bond acceptors (Lipinski definition) is 2. The van der Waals surface area contributed by atoms with Crippen LogP contribution in [0.5, 0.6) is 5.75 Å². The largest absolute Gasteiger partial charge is 0.493 e. The molecule has 2 aromatic carbocycles. The van der Waals surface area contributed by atoms with Gasteiger partial charge in [0.1, 0.15) is 5.75 Å². The maximum absolute atomic E-state index is 6.51. The summed E-state index contributed by atoms with van der Waals surface area (Å²) in [5, 5.41) is 0. The van der Waals surface area contributed by atoms with E-state index in [0.29, 0.717) is 0 Å². The predicted molar refractivity (Wildman–Crippen MR) is 88.3 cm³/mol. The van der Waals surface area contributed by atoms with Gasteiger partial charge in [-0.05, 0) is 41.8 Å². The average Bonchev–Trinajstić information content (AvgIpc) is 2.88. The molecule has 1 heterocycles. The van der Waals surface area contributed by atoms with Crippen LogP contribution in [0, 0.1) is 6.92 Å². The molecule has 0 aromatic heterocycles. The van der Waals surface area contributed by atoms with Crippen molar-refractivity contribution in [1.82, 2.24) is 0 Å². The fraction of sp³-hybridized carbons (Fsp3) is 0.250. The summed E-state index contributed by atoms with van der Waals surface area (Å²) in [5.74, 6) is 0.958. The zero-order valence-corrected chi connectivity index (χ0v) is 14.3. The lowest BCUT2D eigenvalue weighted by molar-refractivity contribution is 0.352. The van der Waals surface area contributed by atoms with Gasteiger partial charge >= 0.3 is 0 Å². The molecule has 3 rings (SSSR count). The van der Waals surface area contributed by atoms with Crippen LogP contribution in [0.2, 0.25) is 0 Å². The summed E-state index contributed by atoms with van der Waals surface area (Å²) < 4.78 is 7.92. The van der Waals surface area contributed by atoms with Crippen molar-refractivity contribution in [1.29, 1.82) is 0 Å². The molecule has 1 unspecified atom stereocenters. The Hall–Kier alpha value is -0.840. The van der Waals surface area contributed by atoms with Crippen LogP contribution in [0.15, 0.2) is 39.3 Å². The van der Waals surface area contributed by atoms with Gasteiger partial charge in [-0.1, -0.05) is 44.0 Å². The van der Waals surface area contributed by atoms with Crippen LogP contribution in [0.25, 0.3) is 0 Å². The normalized spacial score (nSPS) is 14.8. The van der Waals surface area contributed by atoms with Crippen molar-refractivity contribution in [2.24, 2.45) is 5.73 Å². The first-order valence-electron chi connectivity index (χ1n) is 6.53. The maximum Gasteiger partial charge on any atom is 0.127 e. The first-order valence-corrected chi connectivity index (χ1v) is 8.12. The molecule has 0 saturated heterocycles. The molecule has 1 aliphatic heterocycles. The second kappa shape index (κ2) is 5.51. The molecule has 1 atom stereocenters. The Balaban J connectivity index is 2.11. The Labute approximate surface area is 135 Å². The van der Waals surface area contributed by atoms with Crippen molar-refractivity contribution in [2.45, 2.75) is 19.4 Å². The standard InChI is InChI=1S/C16H15Br2NO/c1-9-12(3-2-4-14(9)18)15(19)13-8-11(17)7-10-5-6-20-16(10)13/h2-4,7-8,15H,5-6,19H2,1H3.